The summed E-state index contributed by atoms with van der Waals surface area (Å²) in [4.78, 5) is 37.4. The summed E-state index contributed by atoms with van der Waals surface area (Å²) in [6.45, 7) is 4.36. The molecule has 2 aromatic rings. The number of non-ortho nitro benzene ring substituents is 1. The number of nitro benzene ring substituents is 2. The van der Waals surface area contributed by atoms with Gasteiger partial charge < -0.3 is 10.2 Å². The Morgan fingerprint density at radius 3 is 2.41 bits per heavy atom. The molecule has 0 aliphatic carbocycles. The van der Waals surface area contributed by atoms with E-state index in [2.05, 4.69) is 5.32 Å². The predicted molar refractivity (Wildman–Crippen MR) is 108 cm³/mol. The van der Waals surface area contributed by atoms with E-state index in [9.17, 15) is 25.0 Å². The summed E-state index contributed by atoms with van der Waals surface area (Å²) in [7, 11) is 0. The summed E-state index contributed by atoms with van der Waals surface area (Å²) >= 11 is 0. The molecule has 0 saturated carbocycles. The van der Waals surface area contributed by atoms with Crippen LogP contribution in [0, 0.1) is 27.2 Å². The monoisotopic (exact) mass is 399 g/mol. The quantitative estimate of drug-likeness (QED) is 0.585. The average molecular weight is 399 g/mol. The number of nitro groups is 2. The fourth-order valence-corrected chi connectivity index (χ4v) is 3.25. The first-order chi connectivity index (χ1) is 13.8. The van der Waals surface area contributed by atoms with E-state index in [0.717, 1.165) is 5.69 Å². The molecule has 1 fully saturated rings. The number of aryl methyl sites for hydroxylation is 1. The zero-order chi connectivity index (χ0) is 21.0. The molecule has 0 spiro atoms. The number of hydrogen-bond donors (Lipinski definition) is 1. The van der Waals surface area contributed by atoms with Gasteiger partial charge >= 0.3 is 0 Å². The van der Waals surface area contributed by atoms with Crippen molar-refractivity contribution in [3.8, 4) is 0 Å². The second-order valence-electron chi connectivity index (χ2n) is 6.85. The van der Waals surface area contributed by atoms with Gasteiger partial charge in [-0.3, -0.25) is 29.9 Å². The van der Waals surface area contributed by atoms with Crippen molar-refractivity contribution >= 4 is 28.7 Å². The number of carbonyl (C=O) groups excluding carboxylic acids is 1. The van der Waals surface area contributed by atoms with Crippen molar-refractivity contribution in [2.24, 2.45) is 0 Å². The van der Waals surface area contributed by atoms with Crippen LogP contribution >= 0.6 is 0 Å². The fourth-order valence-electron chi connectivity index (χ4n) is 3.25. The van der Waals surface area contributed by atoms with E-state index in [1.54, 1.807) is 31.2 Å². The van der Waals surface area contributed by atoms with E-state index in [4.69, 9.17) is 0 Å². The third-order valence-corrected chi connectivity index (χ3v) is 4.83. The maximum atomic E-state index is 12.3. The van der Waals surface area contributed by atoms with Crippen LogP contribution in [-0.4, -0.2) is 53.4 Å². The molecule has 0 bridgehead atoms. The first kappa shape index (κ1) is 20.2. The predicted octanol–water partition coefficient (Wildman–Crippen LogP) is 2.57. The van der Waals surface area contributed by atoms with E-state index in [0.29, 0.717) is 37.4 Å². The zero-order valence-electron chi connectivity index (χ0n) is 15.9. The average Bonchev–Trinajstić information content (AvgIpc) is 2.70. The van der Waals surface area contributed by atoms with Crippen molar-refractivity contribution in [1.29, 1.82) is 0 Å². The van der Waals surface area contributed by atoms with Crippen molar-refractivity contribution in [2.75, 3.05) is 42.9 Å². The molecule has 0 unspecified atom stereocenters. The Morgan fingerprint density at radius 1 is 1.03 bits per heavy atom. The molecule has 10 nitrogen and oxygen atoms in total. The topological polar surface area (TPSA) is 122 Å². The van der Waals surface area contributed by atoms with Crippen LogP contribution in [-0.2, 0) is 4.79 Å². The van der Waals surface area contributed by atoms with Crippen LogP contribution in [0.5, 0.6) is 0 Å². The third-order valence-electron chi connectivity index (χ3n) is 4.83. The molecule has 10 heteroatoms. The number of amides is 1. The molecule has 1 aliphatic rings. The standard InChI is InChI=1S/C19H21N5O5/c1-14-5-6-15(11-18(14)24(28)29)20-19(25)13-21-7-9-22(10-8-21)16-3-2-4-17(12-16)23(26)27/h2-6,11-12H,7-10,13H2,1H3,(H,20,25). The van der Waals surface area contributed by atoms with E-state index < -0.39 is 9.85 Å². The number of anilines is 2. The van der Waals surface area contributed by atoms with Crippen LogP contribution < -0.4 is 10.2 Å². The summed E-state index contributed by atoms with van der Waals surface area (Å²) in [5, 5.41) is 24.7. The summed E-state index contributed by atoms with van der Waals surface area (Å²) in [5.41, 5.74) is 1.73. The minimum atomic E-state index is -0.474. The molecule has 152 valence electrons. The Morgan fingerprint density at radius 2 is 1.76 bits per heavy atom. The minimum absolute atomic E-state index is 0.0339. The molecule has 1 amide bonds. The molecule has 1 saturated heterocycles. The molecule has 0 radical (unpaired) electrons. The summed E-state index contributed by atoms with van der Waals surface area (Å²) in [6, 6.07) is 11.1. The highest BCUT2D eigenvalue weighted by molar-refractivity contribution is 5.92. The summed E-state index contributed by atoms with van der Waals surface area (Å²) < 4.78 is 0. The van der Waals surface area contributed by atoms with Gasteiger partial charge in [-0.05, 0) is 19.1 Å². The SMILES string of the molecule is Cc1ccc(NC(=O)CN2CCN(c3cccc([N+](=O)[O-])c3)CC2)cc1[N+](=O)[O-]. The Bertz CT molecular complexity index is 940. The maximum Gasteiger partial charge on any atom is 0.274 e. The highest BCUT2D eigenvalue weighted by atomic mass is 16.6. The maximum absolute atomic E-state index is 12.3. The Labute approximate surface area is 167 Å². The van der Waals surface area contributed by atoms with Crippen LogP contribution in [0.4, 0.5) is 22.7 Å². The zero-order valence-corrected chi connectivity index (χ0v) is 15.9. The van der Waals surface area contributed by atoms with E-state index >= 15 is 0 Å². The van der Waals surface area contributed by atoms with Crippen molar-refractivity contribution in [3.63, 3.8) is 0 Å². The number of hydrogen-bond acceptors (Lipinski definition) is 7. The molecule has 29 heavy (non-hydrogen) atoms. The van der Waals surface area contributed by atoms with Gasteiger partial charge in [0.2, 0.25) is 5.91 Å². The number of nitrogens with zero attached hydrogens (tertiary/aromatic N) is 4. The molecule has 1 aliphatic heterocycles. The first-order valence-corrected chi connectivity index (χ1v) is 9.10. The van der Waals surface area contributed by atoms with Crippen LogP contribution in [0.15, 0.2) is 42.5 Å². The van der Waals surface area contributed by atoms with Gasteiger partial charge in [-0.25, -0.2) is 0 Å². The molecule has 2 aromatic carbocycles. The van der Waals surface area contributed by atoms with Crippen molar-refractivity contribution in [2.45, 2.75) is 6.92 Å². The smallest absolute Gasteiger partial charge is 0.274 e. The Hall–Kier alpha value is -3.53. The van der Waals surface area contributed by atoms with E-state index in [-0.39, 0.29) is 23.8 Å². The second kappa shape index (κ2) is 8.65. The summed E-state index contributed by atoms with van der Waals surface area (Å²) in [5.74, 6) is -0.244. The number of benzene rings is 2. The minimum Gasteiger partial charge on any atom is -0.369 e. The van der Waals surface area contributed by atoms with Crippen molar-refractivity contribution in [1.82, 2.24) is 4.90 Å². The Balaban J connectivity index is 1.54. The molecule has 0 atom stereocenters. The molecular formula is C19H21N5O5. The fraction of sp³-hybridized carbons (Fsp3) is 0.316. The lowest BCUT2D eigenvalue weighted by molar-refractivity contribution is -0.385. The third kappa shape index (κ3) is 5.05. The normalized spacial score (nSPS) is 14.4. The number of rotatable bonds is 6. The first-order valence-electron chi connectivity index (χ1n) is 9.10. The molecular weight excluding hydrogens is 378 g/mol. The van der Waals surface area contributed by atoms with Crippen LogP contribution in [0.2, 0.25) is 0 Å². The van der Waals surface area contributed by atoms with Gasteiger partial charge in [0.15, 0.2) is 0 Å². The van der Waals surface area contributed by atoms with E-state index in [1.165, 1.54) is 12.1 Å². The second-order valence-corrected chi connectivity index (χ2v) is 6.85. The van der Waals surface area contributed by atoms with Crippen LogP contribution in [0.25, 0.3) is 0 Å². The lowest BCUT2D eigenvalue weighted by atomic mass is 10.2. The molecule has 0 aromatic heterocycles. The largest absolute Gasteiger partial charge is 0.369 e. The Kier molecular flexibility index (Phi) is 6.03. The van der Waals surface area contributed by atoms with Gasteiger partial charge in [-0.2, -0.15) is 0 Å². The molecule has 1 N–H and O–H groups in total. The highest BCUT2D eigenvalue weighted by Crippen LogP contribution is 2.23. The van der Waals surface area contributed by atoms with Gasteiger partial charge in [-0.1, -0.05) is 12.1 Å². The number of carbonyl (C=O) groups is 1. The van der Waals surface area contributed by atoms with Crippen LogP contribution in [0.3, 0.4) is 0 Å². The van der Waals surface area contributed by atoms with Crippen molar-refractivity contribution in [3.05, 3.63) is 68.3 Å². The lowest BCUT2D eigenvalue weighted by Gasteiger charge is -2.35. The number of nitrogens with one attached hydrogen (secondary N) is 1. The summed E-state index contributed by atoms with van der Waals surface area (Å²) in [6.07, 6.45) is 0. The van der Waals surface area contributed by atoms with Gasteiger partial charge in [0.25, 0.3) is 11.4 Å². The molecule has 1 heterocycles. The highest BCUT2D eigenvalue weighted by Gasteiger charge is 2.21. The van der Waals surface area contributed by atoms with Crippen molar-refractivity contribution < 1.29 is 14.6 Å². The van der Waals surface area contributed by atoms with E-state index in [1.807, 2.05) is 15.9 Å². The van der Waals surface area contributed by atoms with Gasteiger partial charge in [0.05, 0.1) is 16.4 Å². The lowest BCUT2D eigenvalue weighted by Crippen LogP contribution is -2.48. The van der Waals surface area contributed by atoms with Crippen LogP contribution in [0.1, 0.15) is 5.56 Å². The van der Waals surface area contributed by atoms with Gasteiger partial charge in [0.1, 0.15) is 0 Å². The van der Waals surface area contributed by atoms with Gasteiger partial charge in [-0.15, -0.1) is 0 Å². The van der Waals surface area contributed by atoms with Gasteiger partial charge in [0, 0.05) is 61.3 Å². The number of piperazine rings is 1. The molecule has 3 rings (SSSR count).